The predicted octanol–water partition coefficient (Wildman–Crippen LogP) is 3.82. The highest BCUT2D eigenvalue weighted by molar-refractivity contribution is 7.89. The van der Waals surface area contributed by atoms with Crippen molar-refractivity contribution in [2.45, 2.75) is 62.9 Å². The molecule has 0 bridgehead atoms. The van der Waals surface area contributed by atoms with E-state index in [0.717, 1.165) is 31.2 Å². The lowest BCUT2D eigenvalue weighted by Gasteiger charge is -2.16. The van der Waals surface area contributed by atoms with E-state index in [0.29, 0.717) is 11.1 Å². The van der Waals surface area contributed by atoms with Gasteiger partial charge in [-0.2, -0.15) is 0 Å². The van der Waals surface area contributed by atoms with Crippen LogP contribution in [0.4, 0.5) is 0 Å². The molecule has 1 aliphatic carbocycles. The van der Waals surface area contributed by atoms with Crippen molar-refractivity contribution in [3.63, 3.8) is 0 Å². The molecular formula is C23H28N2O4S. The Balaban J connectivity index is 1.57. The summed E-state index contributed by atoms with van der Waals surface area (Å²) in [6.07, 6.45) is 6.83. The number of Topliss-reactive ketones (excluding diaryl/α,β-unsaturated/α-hetero) is 1. The summed E-state index contributed by atoms with van der Waals surface area (Å²) in [4.78, 5) is 23.9. The average Bonchev–Trinajstić information content (AvgIpc) is 3.01. The van der Waals surface area contributed by atoms with Gasteiger partial charge in [0.15, 0.2) is 5.78 Å². The highest BCUT2D eigenvalue weighted by Crippen LogP contribution is 2.18. The number of hydrogen-bond donors (Lipinski definition) is 2. The highest BCUT2D eigenvalue weighted by atomic mass is 32.2. The molecule has 0 atom stereocenters. The SMILES string of the molecule is CC(=O)c1ccc(S(=O)(=O)NCc2ccc(C(=O)NC3CCCCCC3)cc2)cc1. The molecule has 0 heterocycles. The summed E-state index contributed by atoms with van der Waals surface area (Å²) < 4.78 is 27.5. The first kappa shape index (κ1) is 22.2. The molecule has 7 heteroatoms. The molecule has 2 aromatic rings. The molecule has 1 amide bonds. The number of amides is 1. The Kier molecular flexibility index (Phi) is 7.39. The van der Waals surface area contributed by atoms with Crippen LogP contribution in [0.1, 0.15) is 71.7 Å². The number of hydrogen-bond acceptors (Lipinski definition) is 4. The molecule has 30 heavy (non-hydrogen) atoms. The molecule has 2 N–H and O–H groups in total. The van der Waals surface area contributed by atoms with E-state index >= 15 is 0 Å². The number of benzene rings is 2. The summed E-state index contributed by atoms with van der Waals surface area (Å²) in [5.41, 5.74) is 1.79. The fourth-order valence-corrected chi connectivity index (χ4v) is 4.61. The average molecular weight is 429 g/mol. The maximum Gasteiger partial charge on any atom is 0.251 e. The molecule has 160 valence electrons. The highest BCUT2D eigenvalue weighted by Gasteiger charge is 2.17. The van der Waals surface area contributed by atoms with E-state index in [9.17, 15) is 18.0 Å². The molecule has 0 radical (unpaired) electrons. The summed E-state index contributed by atoms with van der Waals surface area (Å²) in [5, 5.41) is 3.11. The predicted molar refractivity (Wildman–Crippen MR) is 116 cm³/mol. The van der Waals surface area contributed by atoms with E-state index in [1.165, 1.54) is 44.0 Å². The Morgan fingerprint density at radius 2 is 1.43 bits per heavy atom. The van der Waals surface area contributed by atoms with Gasteiger partial charge in [0.05, 0.1) is 4.90 Å². The minimum Gasteiger partial charge on any atom is -0.349 e. The van der Waals surface area contributed by atoms with Crippen LogP contribution in [-0.4, -0.2) is 26.2 Å². The van der Waals surface area contributed by atoms with Crippen molar-refractivity contribution in [2.24, 2.45) is 0 Å². The summed E-state index contributed by atoms with van der Waals surface area (Å²) in [5.74, 6) is -0.199. The number of sulfonamides is 1. The smallest absolute Gasteiger partial charge is 0.251 e. The van der Waals surface area contributed by atoms with Crippen molar-refractivity contribution >= 4 is 21.7 Å². The molecule has 0 unspecified atom stereocenters. The van der Waals surface area contributed by atoms with Crippen LogP contribution in [0.15, 0.2) is 53.4 Å². The molecule has 6 nitrogen and oxygen atoms in total. The van der Waals surface area contributed by atoms with Crippen molar-refractivity contribution in [3.05, 3.63) is 65.2 Å². The molecule has 0 spiro atoms. The summed E-state index contributed by atoms with van der Waals surface area (Å²) in [7, 11) is -3.69. The monoisotopic (exact) mass is 428 g/mol. The third-order valence-corrected chi connectivity index (χ3v) is 6.86. The van der Waals surface area contributed by atoms with Gasteiger partial charge >= 0.3 is 0 Å². The lowest BCUT2D eigenvalue weighted by Crippen LogP contribution is -2.34. The van der Waals surface area contributed by atoms with Crippen LogP contribution in [0.5, 0.6) is 0 Å². The second-order valence-corrected chi connectivity index (χ2v) is 9.53. The molecule has 0 aliphatic heterocycles. The van der Waals surface area contributed by atoms with Crippen molar-refractivity contribution < 1.29 is 18.0 Å². The van der Waals surface area contributed by atoms with Gasteiger partial charge in [-0.05, 0) is 49.6 Å². The zero-order valence-corrected chi connectivity index (χ0v) is 18.0. The lowest BCUT2D eigenvalue weighted by molar-refractivity contribution is 0.0932. The maximum atomic E-state index is 12.5. The van der Waals surface area contributed by atoms with Crippen molar-refractivity contribution in [2.75, 3.05) is 0 Å². The Hall–Kier alpha value is -2.51. The van der Waals surface area contributed by atoms with Gasteiger partial charge in [0.25, 0.3) is 5.91 Å². The molecule has 0 saturated heterocycles. The number of ketones is 1. The van der Waals surface area contributed by atoms with Crippen molar-refractivity contribution in [3.8, 4) is 0 Å². The van der Waals surface area contributed by atoms with Gasteiger partial charge in [0.1, 0.15) is 0 Å². The molecule has 2 aromatic carbocycles. The largest absolute Gasteiger partial charge is 0.349 e. The van der Waals surface area contributed by atoms with Gasteiger partial charge in [-0.1, -0.05) is 49.9 Å². The van der Waals surface area contributed by atoms with E-state index in [2.05, 4.69) is 10.0 Å². The summed E-state index contributed by atoms with van der Waals surface area (Å²) >= 11 is 0. The first-order chi connectivity index (χ1) is 14.3. The summed E-state index contributed by atoms with van der Waals surface area (Å²) in [6, 6.07) is 13.0. The standard InChI is InChI=1S/C23H28N2O4S/c1-17(26)19-12-14-22(15-13-19)30(28,29)24-16-18-8-10-20(11-9-18)23(27)25-21-6-4-2-3-5-7-21/h8-15,21,24H,2-7,16H2,1H3,(H,25,27). The fourth-order valence-electron chi connectivity index (χ4n) is 3.60. The number of rotatable bonds is 7. The first-order valence-corrected chi connectivity index (χ1v) is 11.8. The van der Waals surface area contributed by atoms with Gasteiger partial charge in [-0.3, -0.25) is 9.59 Å². The zero-order chi connectivity index (χ0) is 21.6. The minimum atomic E-state index is -3.69. The number of carbonyl (C=O) groups excluding carboxylic acids is 2. The van der Waals surface area contributed by atoms with Gasteiger partial charge < -0.3 is 5.32 Å². The number of nitrogens with one attached hydrogen (secondary N) is 2. The second-order valence-electron chi connectivity index (χ2n) is 7.76. The second kappa shape index (κ2) is 10.00. The molecular weight excluding hydrogens is 400 g/mol. The van der Waals surface area contributed by atoms with Crippen LogP contribution in [0.25, 0.3) is 0 Å². The van der Waals surface area contributed by atoms with Gasteiger partial charge in [0.2, 0.25) is 10.0 Å². The Bertz CT molecular complexity index is 975. The van der Waals surface area contributed by atoms with E-state index in [4.69, 9.17) is 0 Å². The van der Waals surface area contributed by atoms with E-state index in [1.807, 2.05) is 0 Å². The molecule has 1 aliphatic rings. The third-order valence-electron chi connectivity index (χ3n) is 5.44. The Morgan fingerprint density at radius 1 is 0.867 bits per heavy atom. The van der Waals surface area contributed by atoms with Gasteiger partial charge in [0, 0.05) is 23.7 Å². The van der Waals surface area contributed by atoms with Crippen LogP contribution in [-0.2, 0) is 16.6 Å². The first-order valence-electron chi connectivity index (χ1n) is 10.4. The molecule has 1 saturated carbocycles. The lowest BCUT2D eigenvalue weighted by atomic mass is 10.1. The van der Waals surface area contributed by atoms with E-state index < -0.39 is 10.0 Å². The van der Waals surface area contributed by atoms with Crippen LogP contribution in [0, 0.1) is 0 Å². The molecule has 0 aromatic heterocycles. The Morgan fingerprint density at radius 3 is 2.00 bits per heavy atom. The van der Waals surface area contributed by atoms with Gasteiger partial charge in [-0.15, -0.1) is 0 Å². The van der Waals surface area contributed by atoms with E-state index in [-0.39, 0.29) is 29.2 Å². The topological polar surface area (TPSA) is 92.3 Å². The summed E-state index contributed by atoms with van der Waals surface area (Å²) in [6.45, 7) is 1.55. The van der Waals surface area contributed by atoms with Crippen LogP contribution in [0.3, 0.4) is 0 Å². The van der Waals surface area contributed by atoms with Crippen LogP contribution >= 0.6 is 0 Å². The molecule has 1 fully saturated rings. The van der Waals surface area contributed by atoms with Crippen LogP contribution < -0.4 is 10.0 Å². The maximum absolute atomic E-state index is 12.5. The zero-order valence-electron chi connectivity index (χ0n) is 17.2. The molecule has 3 rings (SSSR count). The van der Waals surface area contributed by atoms with E-state index in [1.54, 1.807) is 24.3 Å². The third kappa shape index (κ3) is 6.00. The van der Waals surface area contributed by atoms with Gasteiger partial charge in [-0.25, -0.2) is 13.1 Å². The quantitative estimate of drug-likeness (QED) is 0.518. The van der Waals surface area contributed by atoms with Crippen molar-refractivity contribution in [1.29, 1.82) is 0 Å². The Labute approximate surface area is 178 Å². The number of carbonyl (C=O) groups is 2. The van der Waals surface area contributed by atoms with Crippen molar-refractivity contribution in [1.82, 2.24) is 10.0 Å². The normalized spacial score (nSPS) is 15.4. The van der Waals surface area contributed by atoms with Crippen LogP contribution in [0.2, 0.25) is 0 Å². The fraction of sp³-hybridized carbons (Fsp3) is 0.391. The minimum absolute atomic E-state index is 0.0837.